The minimum absolute atomic E-state index is 0.304. The smallest absolute Gasteiger partial charge is 0.259 e. The molecule has 0 atom stereocenters. The molecule has 0 bridgehead atoms. The number of fused-ring (bicyclic) bond motifs is 1. The number of hydrogen-bond donors (Lipinski definition) is 2. The number of anilines is 1. The van der Waals surface area contributed by atoms with Gasteiger partial charge in [0.1, 0.15) is 17.5 Å². The lowest BCUT2D eigenvalue weighted by Crippen LogP contribution is -2.10. The fourth-order valence-electron chi connectivity index (χ4n) is 1.97. The summed E-state index contributed by atoms with van der Waals surface area (Å²) in [6, 6.07) is 9.05. The average Bonchev–Trinajstić information content (AvgIpc) is 3.12. The summed E-state index contributed by atoms with van der Waals surface area (Å²) >= 11 is 1.37. The second kappa shape index (κ2) is 5.87. The molecular weight excluding hydrogens is 300 g/mol. The molecule has 0 saturated heterocycles. The summed E-state index contributed by atoms with van der Waals surface area (Å²) in [7, 11) is 0. The van der Waals surface area contributed by atoms with E-state index in [0.717, 1.165) is 16.0 Å². The number of nitrogens with one attached hydrogen (secondary N) is 2. The lowest BCUT2D eigenvalue weighted by Gasteiger charge is -2.00. The Morgan fingerprint density at radius 2 is 2.36 bits per heavy atom. The van der Waals surface area contributed by atoms with Gasteiger partial charge in [-0.3, -0.25) is 10.1 Å². The van der Waals surface area contributed by atoms with Gasteiger partial charge >= 0.3 is 0 Å². The Labute approximate surface area is 130 Å². The molecule has 6 nitrogen and oxygen atoms in total. The third-order valence-electron chi connectivity index (χ3n) is 2.96. The summed E-state index contributed by atoms with van der Waals surface area (Å²) in [6.07, 6.45) is 1.49. The van der Waals surface area contributed by atoms with Crippen LogP contribution >= 0.6 is 11.3 Å². The maximum absolute atomic E-state index is 12.1. The topological polar surface area (TPSA) is 90.8 Å². The SMILES string of the molecule is CCOc1ccc2nc(NC(=O)c3c[nH]c(C#N)c3)sc2c1. The second-order valence-corrected chi connectivity index (χ2v) is 5.48. The highest BCUT2D eigenvalue weighted by molar-refractivity contribution is 7.22. The van der Waals surface area contributed by atoms with Gasteiger partial charge in [0.15, 0.2) is 5.13 Å². The number of carbonyl (C=O) groups excluding carboxylic acids is 1. The van der Waals surface area contributed by atoms with E-state index >= 15 is 0 Å². The van der Waals surface area contributed by atoms with Crippen molar-refractivity contribution in [2.45, 2.75) is 6.92 Å². The van der Waals surface area contributed by atoms with E-state index in [1.54, 1.807) is 0 Å². The first-order valence-electron chi connectivity index (χ1n) is 6.63. The van der Waals surface area contributed by atoms with Crippen LogP contribution in [0, 0.1) is 11.3 Å². The molecule has 0 aliphatic heterocycles. The number of ether oxygens (including phenoxy) is 1. The van der Waals surface area contributed by atoms with E-state index in [9.17, 15) is 4.79 Å². The number of nitrogens with zero attached hydrogens (tertiary/aromatic N) is 2. The lowest BCUT2D eigenvalue weighted by molar-refractivity contribution is 0.102. The number of thiazole rings is 1. The maximum Gasteiger partial charge on any atom is 0.259 e. The van der Waals surface area contributed by atoms with Crippen molar-refractivity contribution in [3.8, 4) is 11.8 Å². The zero-order chi connectivity index (χ0) is 15.5. The molecule has 110 valence electrons. The van der Waals surface area contributed by atoms with E-state index in [0.29, 0.717) is 23.0 Å². The Hall–Kier alpha value is -2.85. The van der Waals surface area contributed by atoms with Gasteiger partial charge in [-0.05, 0) is 31.2 Å². The van der Waals surface area contributed by atoms with Crippen LogP contribution in [-0.2, 0) is 0 Å². The van der Waals surface area contributed by atoms with Crippen LogP contribution in [0.1, 0.15) is 23.0 Å². The van der Waals surface area contributed by atoms with E-state index in [1.807, 2.05) is 31.2 Å². The Kier molecular flexibility index (Phi) is 3.76. The maximum atomic E-state index is 12.1. The highest BCUT2D eigenvalue weighted by atomic mass is 32.1. The molecule has 7 heteroatoms. The van der Waals surface area contributed by atoms with E-state index in [1.165, 1.54) is 23.6 Å². The van der Waals surface area contributed by atoms with Crippen LogP contribution in [0.3, 0.4) is 0 Å². The standard InChI is InChI=1S/C15H12N4O2S/c1-2-21-11-3-4-12-13(6-11)22-15(18-12)19-14(20)9-5-10(7-16)17-8-9/h3-6,8,17H,2H2,1H3,(H,18,19,20). The minimum Gasteiger partial charge on any atom is -0.494 e. The molecule has 0 fully saturated rings. The molecule has 0 radical (unpaired) electrons. The molecule has 0 saturated carbocycles. The number of carbonyl (C=O) groups is 1. The quantitative estimate of drug-likeness (QED) is 0.774. The van der Waals surface area contributed by atoms with Gasteiger partial charge in [-0.25, -0.2) is 4.98 Å². The zero-order valence-corrected chi connectivity index (χ0v) is 12.5. The largest absolute Gasteiger partial charge is 0.494 e. The summed E-state index contributed by atoms with van der Waals surface area (Å²) in [5.41, 5.74) is 1.54. The van der Waals surface area contributed by atoms with Gasteiger partial charge < -0.3 is 9.72 Å². The van der Waals surface area contributed by atoms with E-state index in [2.05, 4.69) is 15.3 Å². The number of amides is 1. The van der Waals surface area contributed by atoms with Crippen molar-refractivity contribution in [3.63, 3.8) is 0 Å². The fourth-order valence-corrected chi connectivity index (χ4v) is 2.86. The first-order valence-corrected chi connectivity index (χ1v) is 7.44. The van der Waals surface area contributed by atoms with E-state index in [-0.39, 0.29) is 5.91 Å². The number of benzene rings is 1. The normalized spacial score (nSPS) is 10.4. The number of hydrogen-bond acceptors (Lipinski definition) is 5. The summed E-state index contributed by atoms with van der Waals surface area (Å²) in [5.74, 6) is 0.475. The van der Waals surface area contributed by atoms with Crippen molar-refractivity contribution in [1.82, 2.24) is 9.97 Å². The molecule has 3 rings (SSSR count). The lowest BCUT2D eigenvalue weighted by atomic mass is 10.3. The van der Waals surface area contributed by atoms with Crippen LogP contribution in [-0.4, -0.2) is 22.5 Å². The number of aromatic nitrogens is 2. The Balaban J connectivity index is 1.81. The summed E-state index contributed by atoms with van der Waals surface area (Å²) < 4.78 is 6.38. The molecule has 0 spiro atoms. The van der Waals surface area contributed by atoms with E-state index in [4.69, 9.17) is 10.00 Å². The number of aromatic amines is 1. The van der Waals surface area contributed by atoms with Crippen LogP contribution in [0.5, 0.6) is 5.75 Å². The molecule has 0 aliphatic rings. The van der Waals surface area contributed by atoms with Gasteiger partial charge in [0.2, 0.25) is 0 Å². The molecule has 2 N–H and O–H groups in total. The Morgan fingerprint density at radius 3 is 3.09 bits per heavy atom. The monoisotopic (exact) mass is 312 g/mol. The predicted molar refractivity (Wildman–Crippen MR) is 84.2 cm³/mol. The van der Waals surface area contributed by atoms with Crippen LogP contribution in [0.25, 0.3) is 10.2 Å². The van der Waals surface area contributed by atoms with Crippen LogP contribution in [0.15, 0.2) is 30.5 Å². The molecular formula is C15H12N4O2S. The average molecular weight is 312 g/mol. The van der Waals surface area contributed by atoms with Gasteiger partial charge in [-0.2, -0.15) is 5.26 Å². The van der Waals surface area contributed by atoms with Crippen LogP contribution in [0.4, 0.5) is 5.13 Å². The third kappa shape index (κ3) is 2.77. The zero-order valence-electron chi connectivity index (χ0n) is 11.7. The number of rotatable bonds is 4. The highest BCUT2D eigenvalue weighted by Gasteiger charge is 2.12. The molecule has 3 aromatic rings. The van der Waals surface area contributed by atoms with Crippen molar-refractivity contribution in [2.24, 2.45) is 0 Å². The van der Waals surface area contributed by atoms with Crippen molar-refractivity contribution in [2.75, 3.05) is 11.9 Å². The van der Waals surface area contributed by atoms with Crippen molar-refractivity contribution in [3.05, 3.63) is 41.7 Å². The number of nitriles is 1. The second-order valence-electron chi connectivity index (χ2n) is 4.45. The Morgan fingerprint density at radius 1 is 1.50 bits per heavy atom. The van der Waals surface area contributed by atoms with Crippen molar-refractivity contribution in [1.29, 1.82) is 5.26 Å². The molecule has 1 aromatic carbocycles. The summed E-state index contributed by atoms with van der Waals surface area (Å²) in [6.45, 7) is 2.53. The predicted octanol–water partition coefficient (Wildman–Crippen LogP) is 3.15. The van der Waals surface area contributed by atoms with Gasteiger partial charge in [0.25, 0.3) is 5.91 Å². The third-order valence-corrected chi connectivity index (χ3v) is 3.89. The molecule has 22 heavy (non-hydrogen) atoms. The minimum atomic E-state index is -0.304. The molecule has 1 amide bonds. The van der Waals surface area contributed by atoms with Gasteiger partial charge in [0, 0.05) is 6.20 Å². The van der Waals surface area contributed by atoms with Gasteiger partial charge in [-0.15, -0.1) is 0 Å². The van der Waals surface area contributed by atoms with Gasteiger partial charge in [-0.1, -0.05) is 11.3 Å². The molecule has 0 aliphatic carbocycles. The van der Waals surface area contributed by atoms with Crippen molar-refractivity contribution >= 4 is 32.6 Å². The molecule has 0 unspecified atom stereocenters. The van der Waals surface area contributed by atoms with Crippen LogP contribution < -0.4 is 10.1 Å². The summed E-state index contributed by atoms with van der Waals surface area (Å²) in [4.78, 5) is 19.2. The summed E-state index contributed by atoms with van der Waals surface area (Å²) in [5, 5.41) is 12.0. The van der Waals surface area contributed by atoms with E-state index < -0.39 is 0 Å². The van der Waals surface area contributed by atoms with Gasteiger partial charge in [0.05, 0.1) is 22.4 Å². The Bertz CT molecular complexity index is 875. The van der Waals surface area contributed by atoms with Crippen molar-refractivity contribution < 1.29 is 9.53 Å². The fraction of sp³-hybridized carbons (Fsp3) is 0.133. The first-order chi connectivity index (χ1) is 10.7. The molecule has 2 heterocycles. The van der Waals surface area contributed by atoms with Crippen LogP contribution in [0.2, 0.25) is 0 Å². The number of H-pyrrole nitrogens is 1. The first kappa shape index (κ1) is 14.1. The molecule has 2 aromatic heterocycles. The highest BCUT2D eigenvalue weighted by Crippen LogP contribution is 2.29.